The molecule has 2 aromatic carbocycles. The maximum Gasteiger partial charge on any atom is 0.419 e. The molecule has 0 N–H and O–H groups in total. The van der Waals surface area contributed by atoms with Crippen molar-refractivity contribution in [3.8, 4) is 16.9 Å². The number of anilines is 1. The molecule has 0 aliphatic rings. The van der Waals surface area contributed by atoms with Gasteiger partial charge in [0.2, 0.25) is 0 Å². The molecule has 4 rings (SSSR count). The molecule has 0 saturated carbocycles. The predicted molar refractivity (Wildman–Crippen MR) is 138 cm³/mol. The van der Waals surface area contributed by atoms with Crippen LogP contribution in [0.15, 0.2) is 55.2 Å². The lowest BCUT2D eigenvalue weighted by atomic mass is 9.98. The molecule has 0 radical (unpaired) electrons. The van der Waals surface area contributed by atoms with Gasteiger partial charge in [0.1, 0.15) is 12.0 Å². The van der Waals surface area contributed by atoms with E-state index in [1.807, 2.05) is 11.8 Å². The highest BCUT2D eigenvalue weighted by atomic mass is 19.4. The number of aromatic nitrogens is 5. The summed E-state index contributed by atoms with van der Waals surface area (Å²) in [7, 11) is 5.10. The molecule has 0 saturated heterocycles. The zero-order valence-electron chi connectivity index (χ0n) is 21.9. The van der Waals surface area contributed by atoms with Gasteiger partial charge in [-0.1, -0.05) is 17.3 Å². The Balaban J connectivity index is 1.64. The number of benzene rings is 2. The number of hydrogen-bond acceptors (Lipinski definition) is 7. The number of likely N-dealkylation sites (N-methyl/N-ethyl adjacent to an activating group) is 2. The van der Waals surface area contributed by atoms with Crippen LogP contribution in [0.25, 0.3) is 16.9 Å². The summed E-state index contributed by atoms with van der Waals surface area (Å²) in [4.78, 5) is 24.4. The number of alkyl halides is 3. The minimum absolute atomic E-state index is 0.189. The fourth-order valence-corrected chi connectivity index (χ4v) is 3.97. The molecule has 0 aliphatic carbocycles. The first-order valence-electron chi connectivity index (χ1n) is 12.0. The summed E-state index contributed by atoms with van der Waals surface area (Å²) in [5.41, 5.74) is 1.31. The number of hydrogen-bond donors (Lipinski definition) is 0. The molecular formula is C27H27F4N7O. The predicted octanol–water partition coefficient (Wildman–Crippen LogP) is 4.61. The van der Waals surface area contributed by atoms with Crippen molar-refractivity contribution in [2.45, 2.75) is 19.5 Å². The van der Waals surface area contributed by atoms with E-state index in [0.29, 0.717) is 35.1 Å². The maximum atomic E-state index is 14.9. The summed E-state index contributed by atoms with van der Waals surface area (Å²) >= 11 is 0. The first-order chi connectivity index (χ1) is 18.4. The summed E-state index contributed by atoms with van der Waals surface area (Å²) in [6, 6.07) is 7.01. The van der Waals surface area contributed by atoms with Gasteiger partial charge in [0.25, 0.3) is 0 Å². The Morgan fingerprint density at radius 3 is 2.41 bits per heavy atom. The number of rotatable bonds is 9. The van der Waals surface area contributed by atoms with E-state index in [-0.39, 0.29) is 24.2 Å². The molecule has 8 nitrogen and oxygen atoms in total. The Morgan fingerprint density at radius 1 is 1.03 bits per heavy atom. The molecule has 0 fully saturated rings. The number of carbonyl (C=O) groups excluding carboxylic acids is 1. The van der Waals surface area contributed by atoms with Crippen LogP contribution in [0.4, 0.5) is 23.2 Å². The van der Waals surface area contributed by atoms with E-state index >= 15 is 0 Å². The van der Waals surface area contributed by atoms with E-state index in [1.165, 1.54) is 24.3 Å². The third-order valence-electron chi connectivity index (χ3n) is 6.21. The molecule has 2 aromatic heterocycles. The second-order valence-electron chi connectivity index (χ2n) is 9.48. The average Bonchev–Trinajstić information content (AvgIpc) is 3.38. The Bertz CT molecular complexity index is 1470. The number of Topliss-reactive ketones (excluding diaryl/α,β-unsaturated/α-hetero) is 1. The van der Waals surface area contributed by atoms with Gasteiger partial charge in [0.15, 0.2) is 11.6 Å². The van der Waals surface area contributed by atoms with Crippen LogP contribution in [0.5, 0.6) is 0 Å². The lowest BCUT2D eigenvalue weighted by Gasteiger charge is -2.24. The van der Waals surface area contributed by atoms with Crippen molar-refractivity contribution in [2.75, 3.05) is 39.1 Å². The van der Waals surface area contributed by atoms with Crippen molar-refractivity contribution in [1.29, 1.82) is 0 Å². The molecule has 4 aromatic rings. The zero-order valence-corrected chi connectivity index (χ0v) is 21.9. The van der Waals surface area contributed by atoms with Crippen molar-refractivity contribution < 1.29 is 22.4 Å². The third-order valence-corrected chi connectivity index (χ3v) is 6.21. The van der Waals surface area contributed by atoms with Gasteiger partial charge in [-0.15, -0.1) is 5.10 Å². The van der Waals surface area contributed by atoms with E-state index < -0.39 is 23.3 Å². The molecule has 0 unspecified atom stereocenters. The number of halogens is 4. The van der Waals surface area contributed by atoms with Crippen molar-refractivity contribution in [1.82, 2.24) is 29.9 Å². The molecule has 39 heavy (non-hydrogen) atoms. The number of carbonyl (C=O) groups is 1. The quantitative estimate of drug-likeness (QED) is 0.226. The molecular weight excluding hydrogens is 514 g/mol. The molecule has 0 aliphatic heterocycles. The van der Waals surface area contributed by atoms with Crippen LogP contribution in [0, 0.1) is 12.7 Å². The van der Waals surface area contributed by atoms with Gasteiger partial charge in [0, 0.05) is 50.1 Å². The second kappa shape index (κ2) is 11.3. The van der Waals surface area contributed by atoms with E-state index in [1.54, 1.807) is 55.6 Å². The number of ketones is 1. The monoisotopic (exact) mass is 541 g/mol. The van der Waals surface area contributed by atoms with Crippen LogP contribution in [-0.2, 0) is 12.6 Å². The highest BCUT2D eigenvalue weighted by Crippen LogP contribution is 2.36. The Morgan fingerprint density at radius 2 is 1.74 bits per heavy atom. The summed E-state index contributed by atoms with van der Waals surface area (Å²) in [6.45, 7) is 2.62. The molecule has 0 bridgehead atoms. The first kappa shape index (κ1) is 27.8. The standard InChI is InChI=1S/C27H27F4N7O/c1-17-5-6-18(9-23(17)38-15-22(34-35-38)20-13-32-16-33-14-20)10-25(39)19-11-21(27(29,30)31)26(28)24(12-19)37(4)8-7-36(2)3/h5-6,9,11-16H,7-8,10H2,1-4H3. The normalized spacial score (nSPS) is 11.7. The number of aryl methyl sites for hydroxylation is 1. The zero-order chi connectivity index (χ0) is 28.3. The first-order valence-corrected chi connectivity index (χ1v) is 12.0. The topological polar surface area (TPSA) is 80.0 Å². The van der Waals surface area contributed by atoms with Gasteiger partial charge >= 0.3 is 6.18 Å². The molecule has 12 heteroatoms. The molecule has 204 valence electrons. The lowest BCUT2D eigenvalue weighted by Crippen LogP contribution is -2.30. The summed E-state index contributed by atoms with van der Waals surface area (Å²) in [5, 5.41) is 8.31. The Kier molecular flexibility index (Phi) is 8.05. The fourth-order valence-electron chi connectivity index (χ4n) is 3.97. The minimum atomic E-state index is -4.96. The lowest BCUT2D eigenvalue weighted by molar-refractivity contribution is -0.139. The van der Waals surface area contributed by atoms with Crippen LogP contribution in [0.1, 0.15) is 27.0 Å². The van der Waals surface area contributed by atoms with Gasteiger partial charge in [-0.3, -0.25) is 4.79 Å². The Labute approximate surface area is 222 Å². The van der Waals surface area contributed by atoms with Crippen LogP contribution in [0.2, 0.25) is 0 Å². The molecule has 2 heterocycles. The van der Waals surface area contributed by atoms with Crippen LogP contribution < -0.4 is 4.90 Å². The second-order valence-corrected chi connectivity index (χ2v) is 9.48. The smallest absolute Gasteiger partial charge is 0.371 e. The van der Waals surface area contributed by atoms with E-state index in [0.717, 1.165) is 5.56 Å². The highest BCUT2D eigenvalue weighted by molar-refractivity contribution is 5.98. The van der Waals surface area contributed by atoms with Crippen molar-refractivity contribution in [3.63, 3.8) is 0 Å². The molecule has 0 spiro atoms. The largest absolute Gasteiger partial charge is 0.419 e. The van der Waals surface area contributed by atoms with Crippen molar-refractivity contribution >= 4 is 11.5 Å². The van der Waals surface area contributed by atoms with Gasteiger partial charge in [-0.2, -0.15) is 13.2 Å². The van der Waals surface area contributed by atoms with Gasteiger partial charge in [0.05, 0.1) is 23.1 Å². The average molecular weight is 542 g/mol. The van der Waals surface area contributed by atoms with E-state index in [2.05, 4.69) is 20.3 Å². The van der Waals surface area contributed by atoms with Crippen molar-refractivity contribution in [2.24, 2.45) is 0 Å². The van der Waals surface area contributed by atoms with E-state index in [9.17, 15) is 22.4 Å². The fraction of sp³-hybridized carbons (Fsp3) is 0.296. The highest BCUT2D eigenvalue weighted by Gasteiger charge is 2.36. The van der Waals surface area contributed by atoms with Gasteiger partial charge in [-0.05, 0) is 50.3 Å². The molecule has 0 amide bonds. The Hall–Kier alpha value is -4.19. The van der Waals surface area contributed by atoms with Crippen LogP contribution in [-0.4, -0.2) is 69.9 Å². The van der Waals surface area contributed by atoms with Crippen molar-refractivity contribution in [3.05, 3.63) is 83.3 Å². The molecule has 0 atom stereocenters. The SMILES string of the molecule is Cc1ccc(CC(=O)c2cc(N(C)CCN(C)C)c(F)c(C(F)(F)F)c2)cc1-n1cc(-c2cncnc2)nn1. The van der Waals surface area contributed by atoms with Gasteiger partial charge < -0.3 is 9.80 Å². The van der Waals surface area contributed by atoms with Crippen LogP contribution >= 0.6 is 0 Å². The maximum absolute atomic E-state index is 14.9. The summed E-state index contributed by atoms with van der Waals surface area (Å²) in [5.74, 6) is -1.97. The summed E-state index contributed by atoms with van der Waals surface area (Å²) < 4.78 is 57.5. The number of nitrogens with zero attached hydrogens (tertiary/aromatic N) is 7. The summed E-state index contributed by atoms with van der Waals surface area (Å²) in [6.07, 6.45) is 1.16. The van der Waals surface area contributed by atoms with Gasteiger partial charge in [-0.25, -0.2) is 19.0 Å². The van der Waals surface area contributed by atoms with Crippen LogP contribution in [0.3, 0.4) is 0 Å². The van der Waals surface area contributed by atoms with E-state index in [4.69, 9.17) is 0 Å². The third kappa shape index (κ3) is 6.45. The minimum Gasteiger partial charge on any atom is -0.371 e.